The summed E-state index contributed by atoms with van der Waals surface area (Å²) in [6.07, 6.45) is 10.2. The van der Waals surface area contributed by atoms with Gasteiger partial charge in [-0.05, 0) is 31.9 Å². The molecule has 3 heterocycles. The van der Waals surface area contributed by atoms with Crippen LogP contribution in [0.2, 0.25) is 0 Å². The summed E-state index contributed by atoms with van der Waals surface area (Å²) in [6, 6.07) is 3.66. The summed E-state index contributed by atoms with van der Waals surface area (Å²) < 4.78 is 4.49. The minimum atomic E-state index is -0.540. The van der Waals surface area contributed by atoms with Crippen LogP contribution in [0.4, 0.5) is 0 Å². The van der Waals surface area contributed by atoms with E-state index >= 15 is 0 Å². The Hall–Kier alpha value is -3.03. The molecule has 24 heavy (non-hydrogen) atoms. The Balaban J connectivity index is 1.63. The standard InChI is InChI=1S/C16H16N6O2/c1-16(4-5-16)21-8-7-20(14(23)15(21)24)10-12-11-22(19-18-12)13-3-2-6-17-9-13/h2-3,6-9,11H,4-5,10H2,1H3. The molecule has 0 aliphatic heterocycles. The molecule has 0 radical (unpaired) electrons. The van der Waals surface area contributed by atoms with Crippen molar-refractivity contribution in [2.24, 2.45) is 0 Å². The van der Waals surface area contributed by atoms with Crippen LogP contribution in [0.25, 0.3) is 5.69 Å². The fourth-order valence-electron chi connectivity index (χ4n) is 2.64. The zero-order chi connectivity index (χ0) is 16.7. The van der Waals surface area contributed by atoms with E-state index in [4.69, 9.17) is 0 Å². The van der Waals surface area contributed by atoms with Crippen molar-refractivity contribution < 1.29 is 0 Å². The molecule has 122 valence electrons. The lowest BCUT2D eigenvalue weighted by Crippen LogP contribution is -2.43. The average molecular weight is 324 g/mol. The van der Waals surface area contributed by atoms with E-state index in [1.807, 2.05) is 13.0 Å². The lowest BCUT2D eigenvalue weighted by molar-refractivity contribution is 0.495. The number of hydrogen-bond acceptors (Lipinski definition) is 5. The van der Waals surface area contributed by atoms with Crippen LogP contribution in [0.5, 0.6) is 0 Å². The molecule has 1 aliphatic carbocycles. The van der Waals surface area contributed by atoms with Crippen molar-refractivity contribution in [3.05, 3.63) is 69.5 Å². The van der Waals surface area contributed by atoms with Gasteiger partial charge in [0.05, 0.1) is 24.6 Å². The van der Waals surface area contributed by atoms with Crippen LogP contribution in [0.15, 0.2) is 52.7 Å². The number of hydrogen-bond donors (Lipinski definition) is 0. The second-order valence-electron chi connectivity index (χ2n) is 6.27. The van der Waals surface area contributed by atoms with Gasteiger partial charge in [-0.2, -0.15) is 0 Å². The third-order valence-electron chi connectivity index (χ3n) is 4.40. The van der Waals surface area contributed by atoms with Crippen molar-refractivity contribution in [1.82, 2.24) is 29.1 Å². The topological polar surface area (TPSA) is 87.6 Å². The Bertz CT molecular complexity index is 997. The highest BCUT2D eigenvalue weighted by Gasteiger charge is 2.40. The van der Waals surface area contributed by atoms with E-state index < -0.39 is 11.1 Å². The van der Waals surface area contributed by atoms with Crippen molar-refractivity contribution in [3.8, 4) is 5.69 Å². The SMILES string of the molecule is CC1(n2ccn(Cc3cn(-c4cccnc4)nn3)c(=O)c2=O)CC1. The lowest BCUT2D eigenvalue weighted by atomic mass is 10.3. The monoisotopic (exact) mass is 324 g/mol. The van der Waals surface area contributed by atoms with Gasteiger partial charge in [-0.25, -0.2) is 4.68 Å². The van der Waals surface area contributed by atoms with Crippen LogP contribution in [0.3, 0.4) is 0 Å². The van der Waals surface area contributed by atoms with Gasteiger partial charge < -0.3 is 9.13 Å². The predicted octanol–water partition coefficient (Wildman–Crippen LogP) is 0.543. The molecule has 3 aromatic rings. The minimum Gasteiger partial charge on any atom is -0.304 e. The molecule has 4 rings (SSSR count). The lowest BCUT2D eigenvalue weighted by Gasteiger charge is -2.13. The van der Waals surface area contributed by atoms with Gasteiger partial charge in [0.15, 0.2) is 0 Å². The molecule has 0 amide bonds. The Morgan fingerprint density at radius 3 is 2.75 bits per heavy atom. The summed E-state index contributed by atoms with van der Waals surface area (Å²) in [5, 5.41) is 8.09. The smallest absolute Gasteiger partial charge is 0.304 e. The number of aromatic nitrogens is 6. The van der Waals surface area contributed by atoms with Crippen LogP contribution >= 0.6 is 0 Å². The van der Waals surface area contributed by atoms with Crippen molar-refractivity contribution in [3.63, 3.8) is 0 Å². The van der Waals surface area contributed by atoms with Crippen molar-refractivity contribution in [2.45, 2.75) is 31.8 Å². The second-order valence-corrected chi connectivity index (χ2v) is 6.27. The van der Waals surface area contributed by atoms with E-state index in [-0.39, 0.29) is 12.1 Å². The molecular weight excluding hydrogens is 308 g/mol. The fraction of sp³-hybridized carbons (Fsp3) is 0.312. The average Bonchev–Trinajstić information content (AvgIpc) is 3.17. The van der Waals surface area contributed by atoms with Crippen molar-refractivity contribution >= 4 is 0 Å². The summed E-state index contributed by atoms with van der Waals surface area (Å²) in [6.45, 7) is 2.18. The van der Waals surface area contributed by atoms with Crippen LogP contribution in [0, 0.1) is 0 Å². The van der Waals surface area contributed by atoms with Crippen LogP contribution < -0.4 is 11.1 Å². The summed E-state index contributed by atoms with van der Waals surface area (Å²) in [5.74, 6) is 0. The highest BCUT2D eigenvalue weighted by atomic mass is 16.2. The highest BCUT2D eigenvalue weighted by molar-refractivity contribution is 5.26. The summed E-state index contributed by atoms with van der Waals surface area (Å²) >= 11 is 0. The molecule has 0 bridgehead atoms. The van der Waals surface area contributed by atoms with E-state index in [0.717, 1.165) is 18.5 Å². The Kier molecular flexibility index (Phi) is 3.19. The second kappa shape index (κ2) is 5.26. The van der Waals surface area contributed by atoms with E-state index in [1.54, 1.807) is 46.3 Å². The molecule has 1 fully saturated rings. The summed E-state index contributed by atoms with van der Waals surface area (Å²) in [4.78, 5) is 28.6. The third kappa shape index (κ3) is 2.45. The van der Waals surface area contributed by atoms with Crippen molar-refractivity contribution in [1.29, 1.82) is 0 Å². The molecule has 0 spiro atoms. The van der Waals surface area contributed by atoms with Gasteiger partial charge in [-0.15, -0.1) is 5.10 Å². The first kappa shape index (κ1) is 14.6. The fourth-order valence-corrected chi connectivity index (χ4v) is 2.64. The van der Waals surface area contributed by atoms with Gasteiger partial charge in [0, 0.05) is 24.1 Å². The summed E-state index contributed by atoms with van der Waals surface area (Å²) in [5.41, 5.74) is 0.147. The van der Waals surface area contributed by atoms with Gasteiger partial charge in [-0.3, -0.25) is 14.6 Å². The Morgan fingerprint density at radius 1 is 1.21 bits per heavy atom. The molecular formula is C16H16N6O2. The van der Waals surface area contributed by atoms with E-state index in [1.165, 1.54) is 4.57 Å². The maximum absolute atomic E-state index is 12.3. The molecule has 0 N–H and O–H groups in total. The van der Waals surface area contributed by atoms with Gasteiger partial charge in [0.25, 0.3) is 0 Å². The third-order valence-corrected chi connectivity index (χ3v) is 4.40. The minimum absolute atomic E-state index is 0.196. The van der Waals surface area contributed by atoms with E-state index in [2.05, 4.69) is 15.3 Å². The van der Waals surface area contributed by atoms with E-state index in [9.17, 15) is 9.59 Å². The first-order valence-electron chi connectivity index (χ1n) is 7.71. The summed E-state index contributed by atoms with van der Waals surface area (Å²) in [7, 11) is 0. The van der Waals surface area contributed by atoms with Gasteiger partial charge in [0.1, 0.15) is 5.69 Å². The van der Waals surface area contributed by atoms with Crippen molar-refractivity contribution in [2.75, 3.05) is 0 Å². The zero-order valence-electron chi connectivity index (χ0n) is 13.2. The van der Waals surface area contributed by atoms with Gasteiger partial charge in [-0.1, -0.05) is 5.21 Å². The van der Waals surface area contributed by atoms with Crippen LogP contribution in [-0.4, -0.2) is 29.1 Å². The van der Waals surface area contributed by atoms with Crippen LogP contribution in [0.1, 0.15) is 25.5 Å². The zero-order valence-corrected chi connectivity index (χ0v) is 13.2. The highest BCUT2D eigenvalue weighted by Crippen LogP contribution is 2.41. The first-order valence-corrected chi connectivity index (χ1v) is 7.71. The molecule has 8 heteroatoms. The molecule has 3 aromatic heterocycles. The number of nitrogens with zero attached hydrogens (tertiary/aromatic N) is 6. The quantitative estimate of drug-likeness (QED) is 0.654. The van der Waals surface area contributed by atoms with Gasteiger partial charge >= 0.3 is 11.1 Å². The van der Waals surface area contributed by atoms with E-state index in [0.29, 0.717) is 5.69 Å². The maximum Gasteiger partial charge on any atom is 0.316 e. The normalized spacial score (nSPS) is 15.4. The molecule has 1 saturated carbocycles. The molecule has 0 unspecified atom stereocenters. The molecule has 0 aromatic carbocycles. The van der Waals surface area contributed by atoms with Crippen LogP contribution in [-0.2, 0) is 12.1 Å². The largest absolute Gasteiger partial charge is 0.316 e. The first-order chi connectivity index (χ1) is 11.6. The maximum atomic E-state index is 12.3. The Morgan fingerprint density at radius 2 is 2.04 bits per heavy atom. The number of rotatable bonds is 4. The molecule has 8 nitrogen and oxygen atoms in total. The number of pyridine rings is 1. The molecule has 0 atom stereocenters. The predicted molar refractivity (Wildman–Crippen MR) is 86.1 cm³/mol. The molecule has 0 saturated heterocycles. The van der Waals surface area contributed by atoms with Gasteiger partial charge in [0.2, 0.25) is 0 Å². The Labute approximate surface area is 137 Å². The molecule has 1 aliphatic rings.